The largest absolute Gasteiger partial charge is 0.458 e. The van der Waals surface area contributed by atoms with Gasteiger partial charge in [-0.1, -0.05) is 39.3 Å². The van der Waals surface area contributed by atoms with Gasteiger partial charge in [0.05, 0.1) is 11.6 Å². The van der Waals surface area contributed by atoms with E-state index in [0.717, 1.165) is 5.57 Å². The van der Waals surface area contributed by atoms with E-state index in [1.807, 2.05) is 40.7 Å². The van der Waals surface area contributed by atoms with Crippen molar-refractivity contribution in [3.8, 4) is 0 Å². The third-order valence-corrected chi connectivity index (χ3v) is 9.67. The minimum absolute atomic E-state index is 0.0171. The lowest BCUT2D eigenvalue weighted by Crippen LogP contribution is -2.59. The third-order valence-electron chi connectivity index (χ3n) is 9.67. The number of esters is 1. The van der Waals surface area contributed by atoms with Crippen LogP contribution in [0.25, 0.3) is 0 Å². The SMILES string of the molecule is C/C=C(\C)[C@@H]1[C@@H](C)C(=O)[C@@H](C)C(=O)O[C@H](CC)[C@@]2(C)OC(=O)N3CCN[C@H]([C@H](C)[C@@H]32)[C@H](C)C[C@@]1(C)OC. The Kier molecular flexibility index (Phi) is 8.85. The first-order chi connectivity index (χ1) is 17.3. The average Bonchev–Trinajstić information content (AvgIpc) is 2.99. The van der Waals surface area contributed by atoms with Gasteiger partial charge in [-0.25, -0.2) is 4.79 Å². The summed E-state index contributed by atoms with van der Waals surface area (Å²) >= 11 is 0. The number of methoxy groups -OCH3 is 1. The quantitative estimate of drug-likeness (QED) is 0.336. The maximum atomic E-state index is 13.7. The number of ether oxygens (including phenoxy) is 3. The molecule has 2 bridgehead atoms. The van der Waals surface area contributed by atoms with Gasteiger partial charge in [0.2, 0.25) is 0 Å². The van der Waals surface area contributed by atoms with Crippen LogP contribution in [0.2, 0.25) is 0 Å². The predicted octanol–water partition coefficient (Wildman–Crippen LogP) is 4.36. The van der Waals surface area contributed by atoms with Gasteiger partial charge in [0.1, 0.15) is 17.8 Å². The number of hydrogen-bond acceptors (Lipinski definition) is 7. The molecule has 3 fully saturated rings. The Balaban J connectivity index is 2.19. The molecule has 3 rings (SSSR count). The molecule has 0 saturated carbocycles. The lowest BCUT2D eigenvalue weighted by atomic mass is 9.67. The molecule has 210 valence electrons. The van der Waals surface area contributed by atoms with Crippen LogP contribution >= 0.6 is 0 Å². The summed E-state index contributed by atoms with van der Waals surface area (Å²) in [5, 5.41) is 3.71. The second kappa shape index (κ2) is 11.0. The Morgan fingerprint density at radius 2 is 1.84 bits per heavy atom. The molecule has 37 heavy (non-hydrogen) atoms. The van der Waals surface area contributed by atoms with Crippen LogP contribution in [0.4, 0.5) is 4.79 Å². The highest BCUT2D eigenvalue weighted by Gasteiger charge is 2.60. The number of carbonyl (C=O) groups excluding carboxylic acids is 3. The van der Waals surface area contributed by atoms with E-state index in [2.05, 4.69) is 26.1 Å². The molecular formula is C29H48N2O6. The van der Waals surface area contributed by atoms with Crippen LogP contribution in [0.1, 0.15) is 75.2 Å². The van der Waals surface area contributed by atoms with Crippen molar-refractivity contribution in [3.63, 3.8) is 0 Å². The number of nitrogens with zero attached hydrogens (tertiary/aromatic N) is 1. The first-order valence-corrected chi connectivity index (χ1v) is 13.9. The molecule has 0 aliphatic carbocycles. The van der Waals surface area contributed by atoms with E-state index in [0.29, 0.717) is 25.9 Å². The molecule has 0 aromatic heterocycles. The molecule has 10 atom stereocenters. The van der Waals surface area contributed by atoms with Crippen LogP contribution < -0.4 is 5.32 Å². The average molecular weight is 521 g/mol. The van der Waals surface area contributed by atoms with E-state index in [1.54, 1.807) is 18.9 Å². The summed E-state index contributed by atoms with van der Waals surface area (Å²) in [6.07, 6.45) is 2.16. The highest BCUT2D eigenvalue weighted by Crippen LogP contribution is 2.45. The van der Waals surface area contributed by atoms with Crippen molar-refractivity contribution in [2.24, 2.45) is 29.6 Å². The maximum Gasteiger partial charge on any atom is 0.410 e. The first kappa shape index (κ1) is 29.6. The number of amides is 1. The monoisotopic (exact) mass is 520 g/mol. The summed E-state index contributed by atoms with van der Waals surface area (Å²) in [6, 6.07) is -0.221. The summed E-state index contributed by atoms with van der Waals surface area (Å²) in [6.45, 7) is 19.0. The smallest absolute Gasteiger partial charge is 0.410 e. The molecule has 0 unspecified atom stereocenters. The fourth-order valence-corrected chi connectivity index (χ4v) is 7.69. The standard InChI is InChI=1S/C29H48N2O6/c1-11-16(3)22-18(5)24(32)20(7)26(33)36-21(12-2)29(9)25-19(6)23(17(4)15-28(22,8)35-10)30-13-14-31(25)27(34)37-29/h11,17-23,25,30H,12-15H2,1-10H3/b16-11+/t17-,18-,19+,20-,21-,22-,23+,25-,28-,29-/m1/s1. The zero-order valence-corrected chi connectivity index (χ0v) is 24.4. The topological polar surface area (TPSA) is 94.2 Å². The van der Waals surface area contributed by atoms with Crippen molar-refractivity contribution in [1.82, 2.24) is 10.2 Å². The minimum Gasteiger partial charge on any atom is -0.458 e. The molecule has 0 aromatic rings. The van der Waals surface area contributed by atoms with Gasteiger partial charge in [0, 0.05) is 38.1 Å². The summed E-state index contributed by atoms with van der Waals surface area (Å²) in [7, 11) is 1.71. The number of nitrogens with one attached hydrogen (secondary N) is 1. The van der Waals surface area contributed by atoms with Gasteiger partial charge in [-0.15, -0.1) is 0 Å². The van der Waals surface area contributed by atoms with Crippen LogP contribution in [0.5, 0.6) is 0 Å². The van der Waals surface area contributed by atoms with Crippen LogP contribution in [-0.2, 0) is 23.8 Å². The minimum atomic E-state index is -1.03. The van der Waals surface area contributed by atoms with Crippen LogP contribution in [0.3, 0.4) is 0 Å². The number of carbonyl (C=O) groups is 3. The van der Waals surface area contributed by atoms with Gasteiger partial charge in [0.15, 0.2) is 5.60 Å². The van der Waals surface area contributed by atoms with E-state index in [1.165, 1.54) is 0 Å². The Hall–Kier alpha value is -1.93. The van der Waals surface area contributed by atoms with Gasteiger partial charge < -0.3 is 19.5 Å². The highest BCUT2D eigenvalue weighted by atomic mass is 16.6. The first-order valence-electron chi connectivity index (χ1n) is 13.9. The van der Waals surface area contributed by atoms with Crippen LogP contribution in [-0.4, -0.2) is 72.3 Å². The zero-order chi connectivity index (χ0) is 27.9. The molecule has 8 heteroatoms. The van der Waals surface area contributed by atoms with Crippen molar-refractivity contribution in [3.05, 3.63) is 11.6 Å². The van der Waals surface area contributed by atoms with Gasteiger partial charge in [-0.2, -0.15) is 0 Å². The Bertz CT molecular complexity index is 920. The lowest BCUT2D eigenvalue weighted by Gasteiger charge is -2.46. The van der Waals surface area contributed by atoms with E-state index >= 15 is 0 Å². The van der Waals surface area contributed by atoms with Gasteiger partial charge >= 0.3 is 12.1 Å². The van der Waals surface area contributed by atoms with Gasteiger partial charge in [-0.3, -0.25) is 14.5 Å². The number of ketones is 1. The van der Waals surface area contributed by atoms with Gasteiger partial charge in [-0.05, 0) is 59.3 Å². The molecule has 1 N–H and O–H groups in total. The maximum absolute atomic E-state index is 13.7. The second-order valence-corrected chi connectivity index (χ2v) is 12.0. The Morgan fingerprint density at radius 3 is 2.41 bits per heavy atom. The molecule has 0 radical (unpaired) electrons. The van der Waals surface area contributed by atoms with Crippen molar-refractivity contribution in [2.75, 3.05) is 20.2 Å². The molecule has 0 spiro atoms. The molecule has 3 aliphatic heterocycles. The van der Waals surface area contributed by atoms with Crippen molar-refractivity contribution in [1.29, 1.82) is 0 Å². The number of fused-ring (bicyclic) bond motifs is 1. The molecular weight excluding hydrogens is 472 g/mol. The molecule has 3 saturated heterocycles. The lowest BCUT2D eigenvalue weighted by molar-refractivity contribution is -0.172. The summed E-state index contributed by atoms with van der Waals surface area (Å²) in [4.78, 5) is 42.0. The summed E-state index contributed by atoms with van der Waals surface area (Å²) in [5.41, 5.74) is -0.617. The summed E-state index contributed by atoms with van der Waals surface area (Å²) in [5.74, 6) is -2.18. The molecule has 0 aromatic carbocycles. The zero-order valence-electron chi connectivity index (χ0n) is 24.4. The number of cyclic esters (lactones) is 1. The Morgan fingerprint density at radius 1 is 1.19 bits per heavy atom. The third kappa shape index (κ3) is 5.08. The summed E-state index contributed by atoms with van der Waals surface area (Å²) < 4.78 is 18.3. The number of hydrogen-bond donors (Lipinski definition) is 1. The normalized spacial score (nSPS) is 44.1. The van der Waals surface area contributed by atoms with Gasteiger partial charge in [0.25, 0.3) is 0 Å². The molecule has 1 amide bonds. The van der Waals surface area contributed by atoms with E-state index < -0.39 is 35.1 Å². The molecule has 8 nitrogen and oxygen atoms in total. The number of Topliss-reactive ketones (excluding diaryl/α,β-unsaturated/α-hetero) is 1. The van der Waals surface area contributed by atoms with E-state index in [9.17, 15) is 14.4 Å². The van der Waals surface area contributed by atoms with Crippen LogP contribution in [0.15, 0.2) is 11.6 Å². The second-order valence-electron chi connectivity index (χ2n) is 12.0. The fraction of sp³-hybridized carbons (Fsp3) is 0.828. The number of allylic oxidation sites excluding steroid dienone is 1. The molecule has 3 aliphatic rings. The van der Waals surface area contributed by atoms with Crippen molar-refractivity contribution >= 4 is 17.8 Å². The van der Waals surface area contributed by atoms with E-state index in [-0.39, 0.29) is 41.7 Å². The van der Waals surface area contributed by atoms with E-state index in [4.69, 9.17) is 14.2 Å². The predicted molar refractivity (Wildman–Crippen MR) is 142 cm³/mol. The fourth-order valence-electron chi connectivity index (χ4n) is 7.69. The number of rotatable bonds is 3. The Labute approximate surface area is 222 Å². The highest BCUT2D eigenvalue weighted by molar-refractivity contribution is 6.00. The van der Waals surface area contributed by atoms with Crippen LogP contribution in [0, 0.1) is 29.6 Å². The van der Waals surface area contributed by atoms with Crippen molar-refractivity contribution < 1.29 is 28.6 Å². The van der Waals surface area contributed by atoms with Crippen molar-refractivity contribution in [2.45, 2.75) is 105 Å². The molecule has 3 heterocycles.